The highest BCUT2D eigenvalue weighted by Gasteiger charge is 2.36. The van der Waals surface area contributed by atoms with Gasteiger partial charge >= 0.3 is 6.18 Å². The summed E-state index contributed by atoms with van der Waals surface area (Å²) in [5.41, 5.74) is 0.702. The summed E-state index contributed by atoms with van der Waals surface area (Å²) in [7, 11) is 0. The van der Waals surface area contributed by atoms with Crippen molar-refractivity contribution < 1.29 is 17.9 Å². The fourth-order valence-corrected chi connectivity index (χ4v) is 1.32. The van der Waals surface area contributed by atoms with Crippen LogP contribution in [0.15, 0.2) is 28.7 Å². The standard InChI is InChI=1S/C10H10BrF3O/c1-7(10(12,13)14)15-6-8-4-2-3-5-9(8)11/h2-5,7H,6H2,1H3. The van der Waals surface area contributed by atoms with Crippen LogP contribution in [-0.4, -0.2) is 12.3 Å². The highest BCUT2D eigenvalue weighted by molar-refractivity contribution is 9.10. The molecule has 15 heavy (non-hydrogen) atoms. The monoisotopic (exact) mass is 282 g/mol. The van der Waals surface area contributed by atoms with E-state index in [1.807, 2.05) is 0 Å². The molecule has 1 rings (SSSR count). The molecule has 1 atom stereocenters. The molecule has 0 radical (unpaired) electrons. The zero-order valence-corrected chi connectivity index (χ0v) is 9.60. The molecule has 0 amide bonds. The first-order valence-electron chi connectivity index (χ1n) is 4.33. The van der Waals surface area contributed by atoms with Crippen molar-refractivity contribution in [1.29, 1.82) is 0 Å². The Balaban J connectivity index is 2.55. The van der Waals surface area contributed by atoms with Crippen molar-refractivity contribution in [1.82, 2.24) is 0 Å². The lowest BCUT2D eigenvalue weighted by atomic mass is 10.2. The van der Waals surface area contributed by atoms with Crippen LogP contribution in [0.25, 0.3) is 0 Å². The second-order valence-corrected chi connectivity index (χ2v) is 3.94. The lowest BCUT2D eigenvalue weighted by Gasteiger charge is -2.16. The van der Waals surface area contributed by atoms with Crippen LogP contribution < -0.4 is 0 Å². The Bertz CT molecular complexity index is 325. The molecule has 5 heteroatoms. The van der Waals surface area contributed by atoms with Crippen molar-refractivity contribution in [3.63, 3.8) is 0 Å². The molecular formula is C10H10BrF3O. The average Bonchev–Trinajstić information content (AvgIpc) is 2.14. The molecule has 1 unspecified atom stereocenters. The van der Waals surface area contributed by atoms with E-state index >= 15 is 0 Å². The Morgan fingerprint density at radius 1 is 1.33 bits per heavy atom. The lowest BCUT2D eigenvalue weighted by Crippen LogP contribution is -2.28. The van der Waals surface area contributed by atoms with Gasteiger partial charge in [-0.25, -0.2) is 0 Å². The minimum absolute atomic E-state index is 0.0535. The van der Waals surface area contributed by atoms with E-state index in [0.29, 0.717) is 5.56 Å². The summed E-state index contributed by atoms with van der Waals surface area (Å²) in [6, 6.07) is 7.02. The first kappa shape index (κ1) is 12.5. The number of hydrogen-bond donors (Lipinski definition) is 0. The second-order valence-electron chi connectivity index (χ2n) is 3.09. The summed E-state index contributed by atoms with van der Waals surface area (Å²) in [6.45, 7) is 0.943. The highest BCUT2D eigenvalue weighted by atomic mass is 79.9. The summed E-state index contributed by atoms with van der Waals surface area (Å²) < 4.78 is 41.8. The number of benzene rings is 1. The van der Waals surface area contributed by atoms with Gasteiger partial charge in [-0.3, -0.25) is 0 Å². The van der Waals surface area contributed by atoms with E-state index < -0.39 is 12.3 Å². The third-order valence-electron chi connectivity index (χ3n) is 1.91. The molecule has 0 aliphatic rings. The molecule has 84 valence electrons. The number of alkyl halides is 3. The molecular weight excluding hydrogens is 273 g/mol. The van der Waals surface area contributed by atoms with Crippen molar-refractivity contribution in [3.8, 4) is 0 Å². The van der Waals surface area contributed by atoms with Gasteiger partial charge in [-0.05, 0) is 18.6 Å². The van der Waals surface area contributed by atoms with Gasteiger partial charge in [0.05, 0.1) is 6.61 Å². The molecule has 1 aromatic rings. The Morgan fingerprint density at radius 2 is 1.93 bits per heavy atom. The van der Waals surface area contributed by atoms with Gasteiger partial charge in [-0.15, -0.1) is 0 Å². The normalized spacial score (nSPS) is 13.9. The fraction of sp³-hybridized carbons (Fsp3) is 0.400. The van der Waals surface area contributed by atoms with Crippen LogP contribution in [0.3, 0.4) is 0 Å². The fourth-order valence-electron chi connectivity index (χ4n) is 0.925. The number of halogens is 4. The Hall–Kier alpha value is -0.550. The van der Waals surface area contributed by atoms with Gasteiger partial charge in [0.25, 0.3) is 0 Å². The summed E-state index contributed by atoms with van der Waals surface area (Å²) in [5, 5.41) is 0. The molecule has 0 fully saturated rings. The molecule has 0 aromatic heterocycles. The topological polar surface area (TPSA) is 9.23 Å². The summed E-state index contributed by atoms with van der Waals surface area (Å²) in [4.78, 5) is 0. The number of rotatable bonds is 3. The molecule has 0 aliphatic carbocycles. The van der Waals surface area contributed by atoms with Crippen LogP contribution >= 0.6 is 15.9 Å². The maximum absolute atomic E-state index is 12.1. The van der Waals surface area contributed by atoms with E-state index in [1.165, 1.54) is 0 Å². The summed E-state index contributed by atoms with van der Waals surface area (Å²) >= 11 is 3.24. The van der Waals surface area contributed by atoms with Gasteiger partial charge in [-0.1, -0.05) is 34.1 Å². The van der Waals surface area contributed by atoms with Gasteiger partial charge < -0.3 is 4.74 Å². The first-order chi connectivity index (χ1) is 6.91. The summed E-state index contributed by atoms with van der Waals surface area (Å²) in [6.07, 6.45) is -6.05. The van der Waals surface area contributed by atoms with Gasteiger partial charge in [0.1, 0.15) is 0 Å². The molecule has 0 bridgehead atoms. The van der Waals surface area contributed by atoms with E-state index in [9.17, 15) is 13.2 Å². The van der Waals surface area contributed by atoms with Crippen molar-refractivity contribution in [2.45, 2.75) is 25.8 Å². The maximum Gasteiger partial charge on any atom is 0.414 e. The highest BCUT2D eigenvalue weighted by Crippen LogP contribution is 2.24. The van der Waals surface area contributed by atoms with Gasteiger partial charge in [0, 0.05) is 4.47 Å². The quantitative estimate of drug-likeness (QED) is 0.817. The smallest absolute Gasteiger partial charge is 0.364 e. The van der Waals surface area contributed by atoms with Crippen LogP contribution in [0.4, 0.5) is 13.2 Å². The van der Waals surface area contributed by atoms with Crippen molar-refractivity contribution in [2.75, 3.05) is 0 Å². The Morgan fingerprint density at radius 3 is 2.47 bits per heavy atom. The van der Waals surface area contributed by atoms with E-state index in [0.717, 1.165) is 11.4 Å². The van der Waals surface area contributed by atoms with Crippen LogP contribution in [-0.2, 0) is 11.3 Å². The largest absolute Gasteiger partial charge is 0.414 e. The van der Waals surface area contributed by atoms with E-state index in [1.54, 1.807) is 24.3 Å². The van der Waals surface area contributed by atoms with Gasteiger partial charge in [0.2, 0.25) is 0 Å². The predicted molar refractivity (Wildman–Crippen MR) is 54.4 cm³/mol. The first-order valence-corrected chi connectivity index (χ1v) is 5.12. The molecule has 0 heterocycles. The SMILES string of the molecule is CC(OCc1ccccc1Br)C(F)(F)F. The third-order valence-corrected chi connectivity index (χ3v) is 2.68. The summed E-state index contributed by atoms with van der Waals surface area (Å²) in [5.74, 6) is 0. The minimum atomic E-state index is -4.30. The van der Waals surface area contributed by atoms with E-state index in [4.69, 9.17) is 4.74 Å². The van der Waals surface area contributed by atoms with Crippen molar-refractivity contribution >= 4 is 15.9 Å². The Labute approximate surface area is 94.4 Å². The molecule has 0 saturated carbocycles. The average molecular weight is 283 g/mol. The third kappa shape index (κ3) is 3.83. The molecule has 0 spiro atoms. The number of hydrogen-bond acceptors (Lipinski definition) is 1. The van der Waals surface area contributed by atoms with Crippen LogP contribution in [0.5, 0.6) is 0 Å². The predicted octanol–water partition coefficient (Wildman–Crippen LogP) is 3.92. The zero-order chi connectivity index (χ0) is 11.5. The van der Waals surface area contributed by atoms with Crippen LogP contribution in [0, 0.1) is 0 Å². The molecule has 0 aliphatic heterocycles. The van der Waals surface area contributed by atoms with Gasteiger partial charge in [0.15, 0.2) is 6.10 Å². The molecule has 0 N–H and O–H groups in total. The van der Waals surface area contributed by atoms with Crippen molar-refractivity contribution in [3.05, 3.63) is 34.3 Å². The molecule has 1 aromatic carbocycles. The lowest BCUT2D eigenvalue weighted by molar-refractivity contribution is -0.217. The second kappa shape index (κ2) is 4.99. The maximum atomic E-state index is 12.1. The molecule has 0 saturated heterocycles. The minimum Gasteiger partial charge on any atom is -0.364 e. The van der Waals surface area contributed by atoms with Crippen LogP contribution in [0.2, 0.25) is 0 Å². The van der Waals surface area contributed by atoms with Gasteiger partial charge in [-0.2, -0.15) is 13.2 Å². The van der Waals surface area contributed by atoms with E-state index in [-0.39, 0.29) is 6.61 Å². The Kier molecular flexibility index (Phi) is 4.16. The van der Waals surface area contributed by atoms with Crippen molar-refractivity contribution in [2.24, 2.45) is 0 Å². The molecule has 1 nitrogen and oxygen atoms in total. The zero-order valence-electron chi connectivity index (χ0n) is 8.01. The van der Waals surface area contributed by atoms with E-state index in [2.05, 4.69) is 15.9 Å². The number of ether oxygens (including phenoxy) is 1. The van der Waals surface area contributed by atoms with Crippen LogP contribution in [0.1, 0.15) is 12.5 Å².